The molecule has 0 amide bonds. The van der Waals surface area contributed by atoms with Crippen molar-refractivity contribution in [1.29, 1.82) is 0 Å². The number of nitrogens with zero attached hydrogens (tertiary/aromatic N) is 1. The molecule has 39 heavy (non-hydrogen) atoms. The zero-order valence-corrected chi connectivity index (χ0v) is 23.0. The Morgan fingerprint density at radius 3 is 2.56 bits per heavy atom. The summed E-state index contributed by atoms with van der Waals surface area (Å²) in [5.74, 6) is 0.220. The molecule has 0 unspecified atom stereocenters. The number of aliphatic carboxylic acids is 1. The maximum atomic E-state index is 13.5. The van der Waals surface area contributed by atoms with E-state index in [9.17, 15) is 18.0 Å². The lowest BCUT2D eigenvalue weighted by molar-refractivity contribution is -0.137. The first-order valence-electron chi connectivity index (χ1n) is 13.1. The first kappa shape index (κ1) is 30.5. The summed E-state index contributed by atoms with van der Waals surface area (Å²) in [6.45, 7) is 6.22. The molecule has 0 fully saturated rings. The zero-order chi connectivity index (χ0) is 28.4. The van der Waals surface area contributed by atoms with Gasteiger partial charge in [-0.3, -0.25) is 4.90 Å². The molecule has 4 nitrogen and oxygen atoms in total. The molecule has 0 bridgehead atoms. The summed E-state index contributed by atoms with van der Waals surface area (Å²) < 4.78 is 46.4. The van der Waals surface area contributed by atoms with Gasteiger partial charge in [0.15, 0.2) is 0 Å². The molecule has 0 aromatic heterocycles. The largest absolute Gasteiger partial charge is 0.494 e. The van der Waals surface area contributed by atoms with Crippen LogP contribution < -0.4 is 0 Å². The van der Waals surface area contributed by atoms with Crippen LogP contribution in [0.4, 0.5) is 13.2 Å². The topological polar surface area (TPSA) is 49.8 Å². The summed E-state index contributed by atoms with van der Waals surface area (Å²) in [5.41, 5.74) is 1.45. The van der Waals surface area contributed by atoms with Crippen molar-refractivity contribution < 1.29 is 27.8 Å². The molecule has 2 aromatic carbocycles. The number of hydrogen-bond acceptors (Lipinski definition) is 3. The van der Waals surface area contributed by atoms with E-state index in [-0.39, 0.29) is 17.5 Å². The van der Waals surface area contributed by atoms with Crippen LogP contribution in [0.2, 0.25) is 5.02 Å². The van der Waals surface area contributed by atoms with Gasteiger partial charge in [0, 0.05) is 25.7 Å². The molecule has 1 aliphatic carbocycles. The fourth-order valence-electron chi connectivity index (χ4n) is 4.75. The quantitative estimate of drug-likeness (QED) is 0.197. The molecule has 0 heterocycles. The summed E-state index contributed by atoms with van der Waals surface area (Å²) in [5, 5.41) is 8.73. The van der Waals surface area contributed by atoms with Crippen LogP contribution >= 0.6 is 11.6 Å². The molecule has 1 aliphatic rings. The summed E-state index contributed by atoms with van der Waals surface area (Å²) in [7, 11) is 0. The Kier molecular flexibility index (Phi) is 11.3. The second-order valence-electron chi connectivity index (χ2n) is 10.2. The fraction of sp³-hybridized carbons (Fsp3) is 0.387. The molecule has 8 heteroatoms. The number of halogens is 4. The summed E-state index contributed by atoms with van der Waals surface area (Å²) in [6, 6.07) is 14.2. The summed E-state index contributed by atoms with van der Waals surface area (Å²) in [4.78, 5) is 13.1. The van der Waals surface area contributed by atoms with Gasteiger partial charge in [0.25, 0.3) is 0 Å². The van der Waals surface area contributed by atoms with Gasteiger partial charge in [-0.05, 0) is 66.0 Å². The van der Waals surface area contributed by atoms with Crippen molar-refractivity contribution in [2.75, 3.05) is 19.7 Å². The number of hydrogen-bond donors (Lipinski definition) is 1. The zero-order valence-electron chi connectivity index (χ0n) is 22.3. The van der Waals surface area contributed by atoms with Gasteiger partial charge in [0.1, 0.15) is 5.76 Å². The van der Waals surface area contributed by atoms with E-state index in [4.69, 9.17) is 21.4 Å². The highest BCUT2D eigenvalue weighted by molar-refractivity contribution is 6.32. The molecule has 0 radical (unpaired) electrons. The second kappa shape index (κ2) is 14.4. The maximum absolute atomic E-state index is 13.5. The average Bonchev–Trinajstić information content (AvgIpc) is 2.86. The van der Waals surface area contributed by atoms with Crippen molar-refractivity contribution in [1.82, 2.24) is 4.90 Å². The molecule has 2 aromatic rings. The SMILES string of the molecule is CC(C)C[C@H](CN(CCCOC1=CC(=CC(=O)O)CC=C1)Cc1cccc(C(F)(F)F)c1Cl)c1ccccc1. The van der Waals surface area contributed by atoms with Gasteiger partial charge < -0.3 is 9.84 Å². The van der Waals surface area contributed by atoms with E-state index in [1.165, 1.54) is 11.6 Å². The predicted octanol–water partition coefficient (Wildman–Crippen LogP) is 8.25. The van der Waals surface area contributed by atoms with Crippen LogP contribution in [-0.4, -0.2) is 35.7 Å². The van der Waals surface area contributed by atoms with Gasteiger partial charge in [-0.2, -0.15) is 13.2 Å². The Labute approximate surface area is 233 Å². The first-order chi connectivity index (χ1) is 18.5. The van der Waals surface area contributed by atoms with E-state index < -0.39 is 17.7 Å². The number of benzene rings is 2. The minimum absolute atomic E-state index is 0.199. The van der Waals surface area contributed by atoms with Gasteiger partial charge >= 0.3 is 12.1 Å². The van der Waals surface area contributed by atoms with E-state index in [2.05, 4.69) is 30.9 Å². The van der Waals surface area contributed by atoms with Crippen molar-refractivity contribution in [3.8, 4) is 0 Å². The Morgan fingerprint density at radius 2 is 1.90 bits per heavy atom. The highest BCUT2D eigenvalue weighted by Crippen LogP contribution is 2.37. The van der Waals surface area contributed by atoms with Crippen molar-refractivity contribution in [3.05, 3.63) is 106 Å². The minimum Gasteiger partial charge on any atom is -0.494 e. The van der Waals surface area contributed by atoms with Gasteiger partial charge in [-0.15, -0.1) is 0 Å². The minimum atomic E-state index is -4.52. The number of carboxylic acid groups (broad SMARTS) is 1. The lowest BCUT2D eigenvalue weighted by atomic mass is 9.89. The normalized spacial score (nSPS) is 15.6. The molecule has 0 spiro atoms. The Hall–Kier alpha value is -3.03. The third kappa shape index (κ3) is 9.90. The van der Waals surface area contributed by atoms with Gasteiger partial charge in [-0.1, -0.05) is 74.0 Å². The number of ether oxygens (including phenoxy) is 1. The second-order valence-corrected chi connectivity index (χ2v) is 10.5. The predicted molar refractivity (Wildman–Crippen MR) is 148 cm³/mol. The number of allylic oxidation sites excluding steroid dienone is 4. The Bertz CT molecular complexity index is 1190. The van der Waals surface area contributed by atoms with Crippen LogP contribution in [-0.2, 0) is 22.3 Å². The van der Waals surface area contributed by atoms with E-state index in [1.54, 1.807) is 12.1 Å². The molecule has 0 aliphatic heterocycles. The maximum Gasteiger partial charge on any atom is 0.417 e. The van der Waals surface area contributed by atoms with Crippen molar-refractivity contribution in [2.45, 2.75) is 51.7 Å². The molecular formula is C31H35ClF3NO3. The van der Waals surface area contributed by atoms with Crippen molar-refractivity contribution >= 4 is 17.6 Å². The third-order valence-corrected chi connectivity index (χ3v) is 6.89. The average molecular weight is 562 g/mol. The Morgan fingerprint density at radius 1 is 1.15 bits per heavy atom. The van der Waals surface area contributed by atoms with Crippen LogP contribution in [0.15, 0.2) is 84.2 Å². The van der Waals surface area contributed by atoms with E-state index in [0.717, 1.165) is 18.6 Å². The number of carbonyl (C=O) groups is 1. The van der Waals surface area contributed by atoms with Crippen molar-refractivity contribution in [3.63, 3.8) is 0 Å². The molecule has 1 atom stereocenters. The highest BCUT2D eigenvalue weighted by Gasteiger charge is 2.34. The fourth-order valence-corrected chi connectivity index (χ4v) is 5.04. The first-order valence-corrected chi connectivity index (χ1v) is 13.5. The molecule has 1 N–H and O–H groups in total. The van der Waals surface area contributed by atoms with Crippen LogP contribution in [0.1, 0.15) is 55.7 Å². The molecule has 0 saturated carbocycles. The Balaban J connectivity index is 1.76. The van der Waals surface area contributed by atoms with Gasteiger partial charge in [0.05, 0.1) is 17.2 Å². The monoisotopic (exact) mass is 561 g/mol. The summed E-state index contributed by atoms with van der Waals surface area (Å²) >= 11 is 6.25. The number of carboxylic acids is 1. The molecule has 0 saturated heterocycles. The lowest BCUT2D eigenvalue weighted by Crippen LogP contribution is -2.31. The van der Waals surface area contributed by atoms with E-state index >= 15 is 0 Å². The molecule has 3 rings (SSSR count). The van der Waals surface area contributed by atoms with E-state index in [1.807, 2.05) is 30.4 Å². The molecular weight excluding hydrogens is 527 g/mol. The van der Waals surface area contributed by atoms with Gasteiger partial charge in [0.2, 0.25) is 0 Å². The third-order valence-electron chi connectivity index (χ3n) is 6.44. The molecule has 210 valence electrons. The smallest absolute Gasteiger partial charge is 0.417 e. The van der Waals surface area contributed by atoms with E-state index in [0.29, 0.717) is 55.4 Å². The van der Waals surface area contributed by atoms with Crippen LogP contribution in [0.25, 0.3) is 0 Å². The number of rotatable bonds is 13. The highest BCUT2D eigenvalue weighted by atomic mass is 35.5. The van der Waals surface area contributed by atoms with Crippen molar-refractivity contribution in [2.24, 2.45) is 5.92 Å². The lowest BCUT2D eigenvalue weighted by Gasteiger charge is -2.30. The van der Waals surface area contributed by atoms with Crippen LogP contribution in [0.5, 0.6) is 0 Å². The van der Waals surface area contributed by atoms with Gasteiger partial charge in [-0.25, -0.2) is 4.79 Å². The van der Waals surface area contributed by atoms with Crippen LogP contribution in [0, 0.1) is 5.92 Å². The number of alkyl halides is 3. The summed E-state index contributed by atoms with van der Waals surface area (Å²) in [6.07, 6.45) is 4.10. The standard InChI is InChI=1S/C31H35ClF3NO3/c1-22(2)17-26(24-10-4-3-5-11-24)21-36(20-25-12-7-14-28(30(25)32)31(33,34)35)15-8-16-39-27-13-6-9-23(18-27)19-29(37)38/h3-7,10-14,18-19,22,26H,8-9,15-17,20-21H2,1-2H3,(H,37,38)/t26-/m1/s1. The van der Waals surface area contributed by atoms with Crippen LogP contribution in [0.3, 0.4) is 0 Å².